The zero-order valence-electron chi connectivity index (χ0n) is 16.0. The molecule has 0 aliphatic heterocycles. The molecule has 142 valence electrons. The Hall–Kier alpha value is -2.68. The van der Waals surface area contributed by atoms with Crippen LogP contribution >= 0.6 is 31.9 Å². The second-order valence-electron chi connectivity index (χ2n) is 7.60. The Balaban J connectivity index is 1.96. The van der Waals surface area contributed by atoms with E-state index in [1.54, 1.807) is 0 Å². The van der Waals surface area contributed by atoms with Crippen molar-refractivity contribution in [1.82, 2.24) is 0 Å². The molecule has 0 unspecified atom stereocenters. The molecule has 0 N–H and O–H groups in total. The minimum Gasteiger partial charge on any atom is -0.0616 e. The summed E-state index contributed by atoms with van der Waals surface area (Å²) in [4.78, 5) is 0. The fourth-order valence-electron chi connectivity index (χ4n) is 4.73. The molecule has 0 atom stereocenters. The fraction of sp³-hybridized carbons (Fsp3) is 0. The second kappa shape index (κ2) is 6.94. The van der Waals surface area contributed by atoms with Crippen LogP contribution in [-0.4, -0.2) is 0 Å². The van der Waals surface area contributed by atoms with E-state index in [4.69, 9.17) is 0 Å². The van der Waals surface area contributed by atoms with Gasteiger partial charge in [0.1, 0.15) is 0 Å². The third-order valence-electron chi connectivity index (χ3n) is 5.96. The first-order valence-corrected chi connectivity index (χ1v) is 11.5. The molecular weight excluding hydrogens is 496 g/mol. The van der Waals surface area contributed by atoms with Crippen LogP contribution in [0, 0.1) is 0 Å². The molecule has 0 amide bonds. The number of halogens is 2. The van der Waals surface area contributed by atoms with E-state index in [-0.39, 0.29) is 0 Å². The molecule has 0 radical (unpaired) electrons. The predicted molar refractivity (Wildman–Crippen MR) is 136 cm³/mol. The minimum atomic E-state index is 1.08. The van der Waals surface area contributed by atoms with Crippen molar-refractivity contribution in [3.63, 3.8) is 0 Å². The van der Waals surface area contributed by atoms with Crippen LogP contribution in [0.15, 0.2) is 106 Å². The van der Waals surface area contributed by atoms with E-state index in [0.29, 0.717) is 0 Å². The van der Waals surface area contributed by atoms with Crippen molar-refractivity contribution in [3.05, 3.63) is 106 Å². The molecule has 2 heteroatoms. The monoisotopic (exact) mass is 510 g/mol. The number of rotatable bonds is 1. The van der Waals surface area contributed by atoms with Gasteiger partial charge in [-0.1, -0.05) is 105 Å². The smallest absolute Gasteiger partial charge is 0.0175 e. The first-order chi connectivity index (χ1) is 14.7. The number of hydrogen-bond donors (Lipinski definition) is 0. The van der Waals surface area contributed by atoms with Crippen LogP contribution in [-0.2, 0) is 0 Å². The lowest BCUT2D eigenvalue weighted by Gasteiger charge is -2.10. The van der Waals surface area contributed by atoms with Crippen LogP contribution < -0.4 is 0 Å². The number of hydrogen-bond acceptors (Lipinski definition) is 0. The maximum atomic E-state index is 3.66. The molecule has 4 aromatic carbocycles. The largest absolute Gasteiger partial charge is 0.0616 e. The summed E-state index contributed by atoms with van der Waals surface area (Å²) < 4.78 is 2.17. The van der Waals surface area contributed by atoms with Gasteiger partial charge in [0.2, 0.25) is 0 Å². The molecule has 30 heavy (non-hydrogen) atoms. The molecule has 2 aliphatic carbocycles. The van der Waals surface area contributed by atoms with Crippen LogP contribution in [0.4, 0.5) is 0 Å². The van der Waals surface area contributed by atoms with Crippen molar-refractivity contribution in [1.29, 1.82) is 0 Å². The summed E-state index contributed by atoms with van der Waals surface area (Å²) in [6, 6.07) is 35.1. The van der Waals surface area contributed by atoms with Crippen molar-refractivity contribution in [3.8, 4) is 22.3 Å². The van der Waals surface area contributed by atoms with Gasteiger partial charge in [-0.25, -0.2) is 0 Å². The average molecular weight is 512 g/mol. The Morgan fingerprint density at radius 3 is 1.47 bits per heavy atom. The molecule has 0 saturated carbocycles. The van der Waals surface area contributed by atoms with Gasteiger partial charge in [0.15, 0.2) is 0 Å². The van der Waals surface area contributed by atoms with Crippen molar-refractivity contribution in [2.45, 2.75) is 0 Å². The van der Waals surface area contributed by atoms with Crippen LogP contribution in [0.2, 0.25) is 0 Å². The minimum absolute atomic E-state index is 1.08. The van der Waals surface area contributed by atoms with Gasteiger partial charge in [0.05, 0.1) is 0 Å². The predicted octanol–water partition coefficient (Wildman–Crippen LogP) is 9.44. The molecule has 0 nitrogen and oxygen atoms in total. The van der Waals surface area contributed by atoms with Gasteiger partial charge in [-0.3, -0.25) is 0 Å². The standard InChI is InChI=1S/C28H16Br2/c29-18-11-9-17(10-12-18)26-24-15-13-19(30)14-16-25(24)27-22-7-3-1-5-20(22)21-6-2-4-8-23(21)28(26)27/h1-16H. The molecule has 2 aliphatic rings. The van der Waals surface area contributed by atoms with Gasteiger partial charge in [-0.05, 0) is 78.8 Å². The van der Waals surface area contributed by atoms with E-state index >= 15 is 0 Å². The van der Waals surface area contributed by atoms with Crippen LogP contribution in [0.25, 0.3) is 54.6 Å². The topological polar surface area (TPSA) is 0 Å². The van der Waals surface area contributed by atoms with Gasteiger partial charge in [0.25, 0.3) is 0 Å². The summed E-state index contributed by atoms with van der Waals surface area (Å²) in [6.07, 6.45) is 0. The van der Waals surface area contributed by atoms with Crippen LogP contribution in [0.1, 0.15) is 0 Å². The summed E-state index contributed by atoms with van der Waals surface area (Å²) in [5, 5.41) is 7.90. The van der Waals surface area contributed by atoms with E-state index in [1.165, 1.54) is 54.6 Å². The molecule has 0 saturated heterocycles. The Morgan fingerprint density at radius 1 is 0.400 bits per heavy atom. The summed E-state index contributed by atoms with van der Waals surface area (Å²) in [6.45, 7) is 0. The summed E-state index contributed by atoms with van der Waals surface area (Å²) in [5.74, 6) is 0. The summed E-state index contributed by atoms with van der Waals surface area (Å²) in [7, 11) is 0. The highest BCUT2D eigenvalue weighted by Crippen LogP contribution is 2.50. The number of fused-ring (bicyclic) bond motifs is 8. The Kier molecular flexibility index (Phi) is 4.19. The Labute approximate surface area is 191 Å². The van der Waals surface area contributed by atoms with Gasteiger partial charge in [-0.15, -0.1) is 0 Å². The molecule has 0 fully saturated rings. The Morgan fingerprint density at radius 2 is 0.867 bits per heavy atom. The lowest BCUT2D eigenvalue weighted by Crippen LogP contribution is -1.82. The fourth-order valence-corrected chi connectivity index (χ4v) is 5.26. The lowest BCUT2D eigenvalue weighted by molar-refractivity contribution is 1.63. The maximum Gasteiger partial charge on any atom is 0.0175 e. The van der Waals surface area contributed by atoms with Crippen molar-refractivity contribution < 1.29 is 0 Å². The van der Waals surface area contributed by atoms with Gasteiger partial charge in [-0.2, -0.15) is 0 Å². The van der Waals surface area contributed by atoms with Crippen LogP contribution in [0.5, 0.6) is 0 Å². The van der Waals surface area contributed by atoms with Crippen molar-refractivity contribution in [2.75, 3.05) is 0 Å². The van der Waals surface area contributed by atoms with E-state index in [0.717, 1.165) is 8.95 Å². The molecule has 0 spiro atoms. The van der Waals surface area contributed by atoms with Gasteiger partial charge in [0, 0.05) is 8.95 Å². The average Bonchev–Trinajstić information content (AvgIpc) is 2.99. The van der Waals surface area contributed by atoms with Gasteiger partial charge >= 0.3 is 0 Å². The maximum absolute atomic E-state index is 3.66. The molecule has 6 rings (SSSR count). The third-order valence-corrected chi connectivity index (χ3v) is 7.02. The molecule has 4 aromatic rings. The molecule has 0 heterocycles. The third kappa shape index (κ3) is 2.64. The highest BCUT2D eigenvalue weighted by molar-refractivity contribution is 9.10. The van der Waals surface area contributed by atoms with Crippen molar-refractivity contribution >= 4 is 64.2 Å². The Bertz CT molecular complexity index is 1550. The molecule has 0 bridgehead atoms. The summed E-state index contributed by atoms with van der Waals surface area (Å²) >= 11 is 7.25. The SMILES string of the molecule is Brc1ccc(-c2c3ccc(Br)ccc-3c3c4ccccc4c4ccccc4c23)cc1. The lowest BCUT2D eigenvalue weighted by atomic mass is 9.94. The van der Waals surface area contributed by atoms with E-state index in [9.17, 15) is 0 Å². The zero-order valence-corrected chi connectivity index (χ0v) is 19.2. The normalized spacial score (nSPS) is 11.7. The first-order valence-electron chi connectivity index (χ1n) is 9.93. The molecular formula is C28H16Br2. The van der Waals surface area contributed by atoms with Gasteiger partial charge < -0.3 is 0 Å². The highest BCUT2D eigenvalue weighted by Gasteiger charge is 2.22. The van der Waals surface area contributed by atoms with Crippen molar-refractivity contribution in [2.24, 2.45) is 0 Å². The van der Waals surface area contributed by atoms with E-state index in [1.807, 2.05) is 0 Å². The summed E-state index contributed by atoms with van der Waals surface area (Å²) in [5.41, 5.74) is 5.11. The molecule has 0 aromatic heterocycles. The zero-order chi connectivity index (χ0) is 20.2. The van der Waals surface area contributed by atoms with Crippen LogP contribution in [0.3, 0.4) is 0 Å². The number of benzene rings is 4. The quantitative estimate of drug-likeness (QED) is 0.193. The highest BCUT2D eigenvalue weighted by atomic mass is 79.9. The van der Waals surface area contributed by atoms with E-state index < -0.39 is 0 Å². The first kappa shape index (κ1) is 18.1. The second-order valence-corrected chi connectivity index (χ2v) is 9.43. The van der Waals surface area contributed by atoms with E-state index in [2.05, 4.69) is 129 Å².